The van der Waals surface area contributed by atoms with Crippen LogP contribution in [-0.4, -0.2) is 22.6 Å². The number of halogens is 1. The average Bonchev–Trinajstić information content (AvgIpc) is 2.30. The zero-order valence-electron chi connectivity index (χ0n) is 8.50. The molecule has 0 fully saturated rings. The van der Waals surface area contributed by atoms with Gasteiger partial charge in [0, 0.05) is 30.3 Å². The number of rotatable bonds is 2. The summed E-state index contributed by atoms with van der Waals surface area (Å²) in [5.74, 6) is 0. The number of nitrogens with one attached hydrogen (secondary N) is 1. The molecule has 6 heteroatoms. The lowest BCUT2D eigenvalue weighted by Gasteiger charge is -2.17. The summed E-state index contributed by atoms with van der Waals surface area (Å²) in [6, 6.07) is 3.81. The van der Waals surface area contributed by atoms with Gasteiger partial charge in [-0.2, -0.15) is 0 Å². The topological polar surface area (TPSA) is 68.1 Å². The molecule has 0 aromatic carbocycles. The third-order valence-electron chi connectivity index (χ3n) is 2.40. The van der Waals surface area contributed by atoms with Crippen molar-refractivity contribution in [2.24, 2.45) is 0 Å². The summed E-state index contributed by atoms with van der Waals surface area (Å²) in [6.45, 7) is 0.525. The lowest BCUT2D eigenvalue weighted by atomic mass is 10.0. The number of hydrogen-bond acceptors (Lipinski definition) is 4. The van der Waals surface area contributed by atoms with Gasteiger partial charge in [-0.25, -0.2) is 0 Å². The second-order valence-electron chi connectivity index (χ2n) is 3.39. The van der Waals surface area contributed by atoms with Gasteiger partial charge in [-0.1, -0.05) is 12.1 Å². The summed E-state index contributed by atoms with van der Waals surface area (Å²) in [4.78, 5) is 14.2. The smallest absolute Gasteiger partial charge is 0.264 e. The van der Waals surface area contributed by atoms with Crippen molar-refractivity contribution in [1.29, 1.82) is 0 Å². The van der Waals surface area contributed by atoms with Crippen molar-refractivity contribution in [3.8, 4) is 0 Å². The van der Waals surface area contributed by atoms with Crippen molar-refractivity contribution < 1.29 is 4.92 Å². The average molecular weight is 242 g/mol. The van der Waals surface area contributed by atoms with Crippen LogP contribution in [0.4, 0.5) is 0 Å². The molecule has 1 aliphatic rings. The molecule has 2 rings (SSSR count). The van der Waals surface area contributed by atoms with E-state index in [1.165, 1.54) is 0 Å². The maximum absolute atomic E-state index is 10.5. The highest BCUT2D eigenvalue weighted by molar-refractivity contribution is 5.85. The Hall–Kier alpha value is -1.46. The third kappa shape index (κ3) is 2.77. The second-order valence-corrected chi connectivity index (χ2v) is 3.39. The molecular weight excluding hydrogens is 230 g/mol. The van der Waals surface area contributed by atoms with Crippen molar-refractivity contribution in [1.82, 2.24) is 10.3 Å². The van der Waals surface area contributed by atoms with Crippen molar-refractivity contribution in [3.63, 3.8) is 0 Å². The standard InChI is InChI=1S/C10H11N3O2.ClH/c14-13(15)10-4-3-9(7-12-10)8-2-1-5-11-6-8;/h1-3,5-6,10,12H,4,7H2;1H. The Labute approximate surface area is 99.1 Å². The van der Waals surface area contributed by atoms with Crippen molar-refractivity contribution in [3.05, 3.63) is 46.3 Å². The molecule has 0 saturated carbocycles. The zero-order valence-corrected chi connectivity index (χ0v) is 9.31. The first-order chi connectivity index (χ1) is 7.27. The molecule has 5 nitrogen and oxygen atoms in total. The van der Waals surface area contributed by atoms with E-state index in [1.807, 2.05) is 18.2 Å². The van der Waals surface area contributed by atoms with Crippen LogP contribution < -0.4 is 5.32 Å². The third-order valence-corrected chi connectivity index (χ3v) is 2.40. The molecule has 2 heterocycles. The molecule has 86 valence electrons. The van der Waals surface area contributed by atoms with E-state index in [-0.39, 0.29) is 17.3 Å². The van der Waals surface area contributed by atoms with E-state index in [9.17, 15) is 10.1 Å². The molecule has 1 aromatic heterocycles. The minimum absolute atomic E-state index is 0. The lowest BCUT2D eigenvalue weighted by Crippen LogP contribution is -2.39. The van der Waals surface area contributed by atoms with E-state index in [2.05, 4.69) is 10.3 Å². The predicted molar refractivity (Wildman–Crippen MR) is 62.9 cm³/mol. The fraction of sp³-hybridized carbons (Fsp3) is 0.300. The SMILES string of the molecule is Cl.O=[N+]([O-])C1CC=C(c2cccnc2)CN1. The van der Waals surface area contributed by atoms with Crippen LogP contribution in [0.15, 0.2) is 30.6 Å². The molecule has 1 atom stereocenters. The maximum Gasteiger partial charge on any atom is 0.269 e. The molecule has 0 aliphatic carbocycles. The van der Waals surface area contributed by atoms with Crippen LogP contribution in [-0.2, 0) is 0 Å². The van der Waals surface area contributed by atoms with Gasteiger partial charge < -0.3 is 0 Å². The summed E-state index contributed by atoms with van der Waals surface area (Å²) < 4.78 is 0. The quantitative estimate of drug-likeness (QED) is 0.629. The van der Waals surface area contributed by atoms with Gasteiger partial charge in [0.25, 0.3) is 6.17 Å². The summed E-state index contributed by atoms with van der Waals surface area (Å²) >= 11 is 0. The van der Waals surface area contributed by atoms with Gasteiger partial charge in [0.05, 0.1) is 0 Å². The fourth-order valence-corrected chi connectivity index (χ4v) is 1.57. The number of hydrogen-bond donors (Lipinski definition) is 1. The number of aromatic nitrogens is 1. The van der Waals surface area contributed by atoms with E-state index in [1.54, 1.807) is 12.4 Å². The van der Waals surface area contributed by atoms with E-state index in [0.29, 0.717) is 13.0 Å². The maximum atomic E-state index is 10.5. The van der Waals surface area contributed by atoms with Crippen LogP contribution in [0.3, 0.4) is 0 Å². The van der Waals surface area contributed by atoms with Gasteiger partial charge in [0.1, 0.15) is 0 Å². The molecule has 1 aromatic rings. The molecule has 0 spiro atoms. The van der Waals surface area contributed by atoms with Gasteiger partial charge in [-0.15, -0.1) is 12.4 Å². The monoisotopic (exact) mass is 241 g/mol. The summed E-state index contributed by atoms with van der Waals surface area (Å²) in [5.41, 5.74) is 2.09. The van der Waals surface area contributed by atoms with E-state index < -0.39 is 6.17 Å². The molecule has 1 unspecified atom stereocenters. The first-order valence-corrected chi connectivity index (χ1v) is 4.73. The van der Waals surface area contributed by atoms with Crippen LogP contribution in [0, 0.1) is 10.1 Å². The molecule has 1 aliphatic heterocycles. The minimum Gasteiger partial charge on any atom is -0.264 e. The fourth-order valence-electron chi connectivity index (χ4n) is 1.57. The van der Waals surface area contributed by atoms with Crippen LogP contribution >= 0.6 is 12.4 Å². The molecule has 0 saturated heterocycles. The molecule has 0 radical (unpaired) electrons. The Morgan fingerprint density at radius 2 is 2.38 bits per heavy atom. The van der Waals surface area contributed by atoms with Crippen LogP contribution in [0.1, 0.15) is 12.0 Å². The van der Waals surface area contributed by atoms with Gasteiger partial charge in [-0.05, 0) is 17.2 Å². The number of pyridine rings is 1. The Bertz CT molecular complexity index is 394. The highest BCUT2D eigenvalue weighted by Crippen LogP contribution is 2.17. The first kappa shape index (κ1) is 12.6. The summed E-state index contributed by atoms with van der Waals surface area (Å²) in [5, 5.41) is 13.4. The van der Waals surface area contributed by atoms with Crippen LogP contribution in [0.2, 0.25) is 0 Å². The van der Waals surface area contributed by atoms with Crippen molar-refractivity contribution in [2.45, 2.75) is 12.6 Å². The summed E-state index contributed by atoms with van der Waals surface area (Å²) in [6.07, 6.45) is 5.16. The first-order valence-electron chi connectivity index (χ1n) is 4.73. The second kappa shape index (κ2) is 5.58. The van der Waals surface area contributed by atoms with Crippen LogP contribution in [0.25, 0.3) is 5.57 Å². The highest BCUT2D eigenvalue weighted by atomic mass is 35.5. The Balaban J connectivity index is 0.00000128. The molecule has 0 bridgehead atoms. The van der Waals surface area contributed by atoms with Crippen LogP contribution in [0.5, 0.6) is 0 Å². The van der Waals surface area contributed by atoms with E-state index in [0.717, 1.165) is 11.1 Å². The van der Waals surface area contributed by atoms with Gasteiger partial charge in [-0.3, -0.25) is 20.4 Å². The highest BCUT2D eigenvalue weighted by Gasteiger charge is 2.22. The molecular formula is C10H12ClN3O2. The molecule has 16 heavy (non-hydrogen) atoms. The molecule has 0 amide bonds. The van der Waals surface area contributed by atoms with Crippen molar-refractivity contribution in [2.75, 3.05) is 6.54 Å². The Kier molecular flexibility index (Phi) is 4.39. The summed E-state index contributed by atoms with van der Waals surface area (Å²) in [7, 11) is 0. The van der Waals surface area contributed by atoms with Gasteiger partial charge in [0.2, 0.25) is 0 Å². The largest absolute Gasteiger partial charge is 0.269 e. The zero-order chi connectivity index (χ0) is 10.7. The Morgan fingerprint density at radius 1 is 1.56 bits per heavy atom. The van der Waals surface area contributed by atoms with Gasteiger partial charge in [0.15, 0.2) is 0 Å². The minimum atomic E-state index is -0.648. The number of nitro groups is 1. The Morgan fingerprint density at radius 3 is 2.88 bits per heavy atom. The lowest BCUT2D eigenvalue weighted by molar-refractivity contribution is -0.528. The van der Waals surface area contributed by atoms with Gasteiger partial charge >= 0.3 is 0 Å². The molecule has 1 N–H and O–H groups in total. The predicted octanol–water partition coefficient (Wildman–Crippen LogP) is 1.48. The van der Waals surface area contributed by atoms with E-state index >= 15 is 0 Å². The van der Waals surface area contributed by atoms with Crippen molar-refractivity contribution >= 4 is 18.0 Å². The number of nitrogens with zero attached hydrogens (tertiary/aromatic N) is 2. The normalized spacial score (nSPS) is 19.5. The van der Waals surface area contributed by atoms with E-state index in [4.69, 9.17) is 0 Å².